The highest BCUT2D eigenvalue weighted by atomic mass is 35.5. The number of hydrogen-bond acceptors (Lipinski definition) is 7. The number of carbonyl (C=O) groups excluding carboxylic acids is 1. The molecule has 1 amide bonds. The smallest absolute Gasteiger partial charge is 0.270 e. The fourth-order valence-electron chi connectivity index (χ4n) is 3.84. The number of nitrogens with zero attached hydrogens (tertiary/aromatic N) is 4. The number of thioether (sulfide) groups is 1. The highest BCUT2D eigenvalue weighted by molar-refractivity contribution is 7.98. The van der Waals surface area contributed by atoms with Crippen molar-refractivity contribution < 1.29 is 9.53 Å². The Labute approximate surface area is 200 Å². The minimum Gasteiger partial charge on any atom is -0.486 e. The van der Waals surface area contributed by atoms with Crippen LogP contribution in [0.25, 0.3) is 0 Å². The van der Waals surface area contributed by atoms with E-state index in [-0.39, 0.29) is 5.91 Å². The summed E-state index contributed by atoms with van der Waals surface area (Å²) in [5.41, 5.74) is 0.420. The molecule has 0 aliphatic heterocycles. The van der Waals surface area contributed by atoms with Crippen LogP contribution in [0.4, 0.5) is 0 Å². The van der Waals surface area contributed by atoms with Crippen LogP contribution in [0.2, 0.25) is 5.02 Å². The molecule has 0 radical (unpaired) electrons. The number of aryl methyl sites for hydroxylation is 1. The third-order valence-electron chi connectivity index (χ3n) is 5.43. The second-order valence-electron chi connectivity index (χ2n) is 7.64. The molecule has 0 bridgehead atoms. The van der Waals surface area contributed by atoms with E-state index in [2.05, 4.69) is 25.1 Å². The third kappa shape index (κ3) is 5.82. The molecular formula is C22H26ClN5O2S2. The van der Waals surface area contributed by atoms with Gasteiger partial charge in [0.2, 0.25) is 0 Å². The van der Waals surface area contributed by atoms with E-state index in [1.807, 2.05) is 6.26 Å². The number of carbonyl (C=O) groups is 1. The molecule has 0 saturated heterocycles. The Bertz CT molecular complexity index is 1030. The average Bonchev–Trinajstić information content (AvgIpc) is 3.56. The Balaban J connectivity index is 1.23. The van der Waals surface area contributed by atoms with Gasteiger partial charge in [-0.1, -0.05) is 36.2 Å². The van der Waals surface area contributed by atoms with Gasteiger partial charge in [0, 0.05) is 29.4 Å². The Morgan fingerprint density at radius 3 is 2.81 bits per heavy atom. The van der Waals surface area contributed by atoms with Crippen LogP contribution in [0.1, 0.15) is 59.5 Å². The van der Waals surface area contributed by atoms with Gasteiger partial charge in [-0.05, 0) is 49.8 Å². The molecule has 3 aromatic rings. The van der Waals surface area contributed by atoms with Crippen molar-refractivity contribution in [3.63, 3.8) is 0 Å². The van der Waals surface area contributed by atoms with E-state index in [9.17, 15) is 4.79 Å². The summed E-state index contributed by atoms with van der Waals surface area (Å²) in [7, 11) is 0. The van der Waals surface area contributed by atoms with E-state index < -0.39 is 0 Å². The molecule has 1 aromatic carbocycles. The lowest BCUT2D eigenvalue weighted by Crippen LogP contribution is -2.25. The first-order valence-corrected chi connectivity index (χ1v) is 13.2. The highest BCUT2D eigenvalue weighted by Gasteiger charge is 2.23. The monoisotopic (exact) mass is 491 g/mol. The predicted octanol–water partition coefficient (Wildman–Crippen LogP) is 5.17. The van der Waals surface area contributed by atoms with Gasteiger partial charge < -0.3 is 14.6 Å². The van der Waals surface area contributed by atoms with Gasteiger partial charge in [0.1, 0.15) is 28.9 Å². The minimum atomic E-state index is -0.166. The van der Waals surface area contributed by atoms with Crippen LogP contribution in [-0.2, 0) is 13.0 Å². The van der Waals surface area contributed by atoms with Gasteiger partial charge in [-0.2, -0.15) is 0 Å². The van der Waals surface area contributed by atoms with Crippen LogP contribution < -0.4 is 10.1 Å². The molecule has 1 aliphatic carbocycles. The fraction of sp³-hybridized carbons (Fsp3) is 0.455. The van der Waals surface area contributed by atoms with E-state index in [4.69, 9.17) is 16.3 Å². The van der Waals surface area contributed by atoms with Crippen molar-refractivity contribution in [1.29, 1.82) is 0 Å². The molecule has 1 aliphatic rings. The second kappa shape index (κ2) is 11.2. The lowest BCUT2D eigenvalue weighted by molar-refractivity contribution is 0.0948. The molecule has 4 rings (SSSR count). The fourth-order valence-corrected chi connectivity index (χ4v) is 5.23. The van der Waals surface area contributed by atoms with Crippen LogP contribution in [0, 0.1) is 0 Å². The number of halogens is 1. The number of ether oxygens (including phenoxy) is 1. The molecule has 2 aromatic heterocycles. The van der Waals surface area contributed by atoms with Crippen LogP contribution in [0.15, 0.2) is 34.8 Å². The zero-order valence-corrected chi connectivity index (χ0v) is 20.3. The predicted molar refractivity (Wildman–Crippen MR) is 128 cm³/mol. The first-order chi connectivity index (χ1) is 15.6. The van der Waals surface area contributed by atoms with Gasteiger partial charge in [0.15, 0.2) is 5.16 Å². The van der Waals surface area contributed by atoms with E-state index in [0.29, 0.717) is 35.7 Å². The summed E-state index contributed by atoms with van der Waals surface area (Å²) in [6.45, 7) is 0.882. The van der Waals surface area contributed by atoms with Crippen molar-refractivity contribution in [2.45, 2.75) is 56.3 Å². The zero-order chi connectivity index (χ0) is 22.3. The van der Waals surface area contributed by atoms with Crippen molar-refractivity contribution in [3.05, 3.63) is 51.2 Å². The number of nitrogens with one attached hydrogen (secondary N) is 1. The SMILES string of the molecule is CSc1nnc(CCCNC(=O)c2csc(COc3ccc(Cl)cc3)n2)n1C1CCCC1. The van der Waals surface area contributed by atoms with Crippen LogP contribution in [0.3, 0.4) is 0 Å². The molecule has 1 N–H and O–H groups in total. The van der Waals surface area contributed by atoms with E-state index in [1.165, 1.54) is 37.0 Å². The Morgan fingerprint density at radius 1 is 1.28 bits per heavy atom. The molecule has 7 nitrogen and oxygen atoms in total. The molecule has 2 heterocycles. The van der Waals surface area contributed by atoms with E-state index in [0.717, 1.165) is 28.8 Å². The van der Waals surface area contributed by atoms with Gasteiger partial charge in [-0.25, -0.2) is 4.98 Å². The van der Waals surface area contributed by atoms with E-state index >= 15 is 0 Å². The average molecular weight is 492 g/mol. The van der Waals surface area contributed by atoms with E-state index in [1.54, 1.807) is 41.4 Å². The standard InChI is InChI=1S/C22H26ClN5O2S2/c1-31-22-27-26-19(28(22)16-5-2-3-6-16)7-4-12-24-21(29)18-14-32-20(25-18)13-30-17-10-8-15(23)9-11-17/h8-11,14,16H,2-7,12-13H2,1H3,(H,24,29). The van der Waals surface area contributed by atoms with Gasteiger partial charge in [0.25, 0.3) is 5.91 Å². The van der Waals surface area contributed by atoms with Gasteiger partial charge in [0.05, 0.1) is 0 Å². The number of aromatic nitrogens is 4. The molecule has 170 valence electrons. The number of benzene rings is 1. The Morgan fingerprint density at radius 2 is 2.06 bits per heavy atom. The molecule has 1 saturated carbocycles. The lowest BCUT2D eigenvalue weighted by atomic mass is 10.2. The summed E-state index contributed by atoms with van der Waals surface area (Å²) >= 11 is 8.94. The zero-order valence-electron chi connectivity index (χ0n) is 17.9. The quantitative estimate of drug-likeness (QED) is 0.311. The van der Waals surface area contributed by atoms with Crippen molar-refractivity contribution >= 4 is 40.6 Å². The largest absolute Gasteiger partial charge is 0.486 e. The molecule has 0 atom stereocenters. The number of thiazole rings is 1. The normalized spacial score (nSPS) is 14.1. The van der Waals surface area contributed by atoms with Crippen molar-refractivity contribution in [3.8, 4) is 5.75 Å². The maximum absolute atomic E-state index is 12.4. The second-order valence-corrected chi connectivity index (χ2v) is 9.79. The summed E-state index contributed by atoms with van der Waals surface area (Å²) in [4.78, 5) is 16.8. The molecule has 0 spiro atoms. The van der Waals surface area contributed by atoms with Gasteiger partial charge in [-0.3, -0.25) is 4.79 Å². The topological polar surface area (TPSA) is 81.9 Å². The molecule has 32 heavy (non-hydrogen) atoms. The third-order valence-corrected chi connectivity index (χ3v) is 7.15. The molecule has 1 fully saturated rings. The summed E-state index contributed by atoms with van der Waals surface area (Å²) in [5.74, 6) is 1.57. The molecule has 0 unspecified atom stereocenters. The van der Waals surface area contributed by atoms with Gasteiger partial charge >= 0.3 is 0 Å². The van der Waals surface area contributed by atoms with Gasteiger partial charge in [-0.15, -0.1) is 21.5 Å². The first kappa shape index (κ1) is 23.1. The first-order valence-electron chi connectivity index (χ1n) is 10.7. The Hall–Kier alpha value is -2.10. The maximum Gasteiger partial charge on any atom is 0.270 e. The minimum absolute atomic E-state index is 0.166. The van der Waals surface area contributed by atoms with Crippen molar-refractivity contribution in [2.75, 3.05) is 12.8 Å². The maximum atomic E-state index is 12.4. The van der Waals surface area contributed by atoms with Crippen LogP contribution >= 0.6 is 34.7 Å². The molecule has 10 heteroatoms. The number of hydrogen-bond donors (Lipinski definition) is 1. The summed E-state index contributed by atoms with van der Waals surface area (Å²) in [5, 5.41) is 15.9. The van der Waals surface area contributed by atoms with Crippen LogP contribution in [0.5, 0.6) is 5.75 Å². The number of rotatable bonds is 10. The molecular weight excluding hydrogens is 466 g/mol. The van der Waals surface area contributed by atoms with Crippen LogP contribution in [-0.4, -0.2) is 38.5 Å². The lowest BCUT2D eigenvalue weighted by Gasteiger charge is -2.16. The number of amides is 1. The highest BCUT2D eigenvalue weighted by Crippen LogP contribution is 2.33. The Kier molecular flexibility index (Phi) is 8.05. The summed E-state index contributed by atoms with van der Waals surface area (Å²) in [6.07, 6.45) is 8.58. The summed E-state index contributed by atoms with van der Waals surface area (Å²) in [6, 6.07) is 7.67. The van der Waals surface area contributed by atoms with Crippen molar-refractivity contribution in [2.24, 2.45) is 0 Å². The summed E-state index contributed by atoms with van der Waals surface area (Å²) < 4.78 is 8.01. The van der Waals surface area contributed by atoms with Crippen molar-refractivity contribution in [1.82, 2.24) is 25.1 Å².